The van der Waals surface area contributed by atoms with Crippen LogP contribution in [0.15, 0.2) is 24.4 Å². The summed E-state index contributed by atoms with van der Waals surface area (Å²) in [5, 5.41) is 4.90. The maximum absolute atomic E-state index is 6.17. The van der Waals surface area contributed by atoms with Crippen molar-refractivity contribution in [2.45, 2.75) is 13.0 Å². The highest BCUT2D eigenvalue weighted by molar-refractivity contribution is 6.31. The highest BCUT2D eigenvalue weighted by atomic mass is 35.5. The number of ether oxygens (including phenoxy) is 1. The number of rotatable bonds is 4. The van der Waals surface area contributed by atoms with E-state index in [2.05, 4.69) is 10.5 Å². The molecule has 0 aliphatic rings. The molecule has 2 aromatic rings. The molecular formula is C13H17ClN4O. The largest absolute Gasteiger partial charge is 0.493 e. The fourth-order valence-electron chi connectivity index (χ4n) is 2.17. The third-order valence-corrected chi connectivity index (χ3v) is 3.64. The van der Waals surface area contributed by atoms with Crippen molar-refractivity contribution >= 4 is 11.6 Å². The Bertz CT molecular complexity index is 582. The predicted molar refractivity (Wildman–Crippen MR) is 75.1 cm³/mol. The van der Waals surface area contributed by atoms with Crippen molar-refractivity contribution in [2.75, 3.05) is 7.11 Å². The third kappa shape index (κ3) is 2.45. The van der Waals surface area contributed by atoms with Crippen molar-refractivity contribution < 1.29 is 4.74 Å². The highest BCUT2D eigenvalue weighted by Crippen LogP contribution is 2.32. The van der Waals surface area contributed by atoms with Crippen molar-refractivity contribution in [1.82, 2.24) is 15.2 Å². The number of aryl methyl sites for hydroxylation is 1. The third-order valence-electron chi connectivity index (χ3n) is 3.23. The number of nitrogens with zero attached hydrogens (tertiary/aromatic N) is 2. The van der Waals surface area contributed by atoms with Crippen molar-refractivity contribution in [2.24, 2.45) is 12.9 Å². The van der Waals surface area contributed by atoms with Crippen LogP contribution in [0.2, 0.25) is 5.02 Å². The second kappa shape index (κ2) is 5.61. The summed E-state index contributed by atoms with van der Waals surface area (Å²) >= 11 is 6.17. The molecule has 0 saturated carbocycles. The standard InChI is InChI=1S/C13H17ClN4O/c1-8-9(5-4-6-10(8)14)12(17-15)13-11(19-3)7-16-18(13)2/h4-7,12,17H,15H2,1-3H3. The molecule has 1 atom stereocenters. The number of hydrazine groups is 1. The Labute approximate surface area is 117 Å². The molecule has 1 heterocycles. The summed E-state index contributed by atoms with van der Waals surface area (Å²) in [5.41, 5.74) is 5.64. The number of halogens is 1. The lowest BCUT2D eigenvalue weighted by atomic mass is 9.99. The van der Waals surface area contributed by atoms with Gasteiger partial charge in [-0.1, -0.05) is 23.7 Å². The number of hydrogen-bond donors (Lipinski definition) is 2. The zero-order valence-corrected chi connectivity index (χ0v) is 11.9. The van der Waals surface area contributed by atoms with Crippen LogP contribution < -0.4 is 16.0 Å². The number of nitrogens with one attached hydrogen (secondary N) is 1. The summed E-state index contributed by atoms with van der Waals surface area (Å²) in [6.07, 6.45) is 1.67. The first-order valence-electron chi connectivity index (χ1n) is 5.87. The van der Waals surface area contributed by atoms with Crippen molar-refractivity contribution in [3.05, 3.63) is 46.2 Å². The van der Waals surface area contributed by atoms with E-state index in [0.717, 1.165) is 16.8 Å². The van der Waals surface area contributed by atoms with Crippen LogP contribution in [0.3, 0.4) is 0 Å². The minimum absolute atomic E-state index is 0.235. The second-order valence-electron chi connectivity index (χ2n) is 4.28. The van der Waals surface area contributed by atoms with Crippen molar-refractivity contribution in [3.8, 4) is 5.75 Å². The fourth-order valence-corrected chi connectivity index (χ4v) is 2.35. The van der Waals surface area contributed by atoms with Crippen LogP contribution in [0.1, 0.15) is 22.9 Å². The molecule has 2 rings (SSSR count). The fraction of sp³-hybridized carbons (Fsp3) is 0.308. The molecule has 3 N–H and O–H groups in total. The van der Waals surface area contributed by atoms with E-state index in [4.69, 9.17) is 22.2 Å². The average molecular weight is 281 g/mol. The Balaban J connectivity index is 2.56. The molecule has 6 heteroatoms. The average Bonchev–Trinajstić information content (AvgIpc) is 2.77. The zero-order valence-electron chi connectivity index (χ0n) is 11.1. The minimum Gasteiger partial charge on any atom is -0.493 e. The molecule has 1 unspecified atom stereocenters. The normalized spacial score (nSPS) is 12.5. The summed E-state index contributed by atoms with van der Waals surface area (Å²) in [4.78, 5) is 0. The first-order valence-corrected chi connectivity index (χ1v) is 6.25. The Kier molecular flexibility index (Phi) is 4.09. The van der Waals surface area contributed by atoms with Crippen LogP contribution in [0.4, 0.5) is 0 Å². The second-order valence-corrected chi connectivity index (χ2v) is 4.68. The number of benzene rings is 1. The van der Waals surface area contributed by atoms with Gasteiger partial charge in [0.2, 0.25) is 0 Å². The van der Waals surface area contributed by atoms with Gasteiger partial charge >= 0.3 is 0 Å². The summed E-state index contributed by atoms with van der Waals surface area (Å²) in [6, 6.07) is 5.51. The van der Waals surface area contributed by atoms with E-state index in [1.54, 1.807) is 18.0 Å². The molecule has 102 valence electrons. The highest BCUT2D eigenvalue weighted by Gasteiger charge is 2.23. The van der Waals surface area contributed by atoms with Crippen LogP contribution >= 0.6 is 11.6 Å². The Morgan fingerprint density at radius 2 is 2.21 bits per heavy atom. The van der Waals surface area contributed by atoms with Crippen LogP contribution in [0, 0.1) is 6.92 Å². The quantitative estimate of drug-likeness (QED) is 0.664. The Morgan fingerprint density at radius 1 is 1.47 bits per heavy atom. The lowest BCUT2D eigenvalue weighted by Gasteiger charge is -2.20. The van der Waals surface area contributed by atoms with Crippen molar-refractivity contribution in [3.63, 3.8) is 0 Å². The molecule has 1 aromatic carbocycles. The summed E-state index contributed by atoms with van der Waals surface area (Å²) in [7, 11) is 3.46. The maximum atomic E-state index is 6.17. The van der Waals surface area contributed by atoms with Gasteiger partial charge in [-0.05, 0) is 24.1 Å². The first-order chi connectivity index (χ1) is 9.10. The van der Waals surface area contributed by atoms with E-state index in [0.29, 0.717) is 10.8 Å². The molecule has 1 aromatic heterocycles. The lowest BCUT2D eigenvalue weighted by Crippen LogP contribution is -2.31. The number of methoxy groups -OCH3 is 1. The van der Waals surface area contributed by atoms with E-state index < -0.39 is 0 Å². The maximum Gasteiger partial charge on any atom is 0.161 e. The van der Waals surface area contributed by atoms with Gasteiger partial charge in [0.05, 0.1) is 19.3 Å². The molecular weight excluding hydrogens is 264 g/mol. The molecule has 0 bridgehead atoms. The van der Waals surface area contributed by atoms with E-state index in [9.17, 15) is 0 Å². The molecule has 0 aliphatic carbocycles. The van der Waals surface area contributed by atoms with E-state index in [1.165, 1.54) is 0 Å². The van der Waals surface area contributed by atoms with Crippen LogP contribution in [-0.2, 0) is 7.05 Å². The van der Waals surface area contributed by atoms with E-state index in [1.807, 2.05) is 32.2 Å². The molecule has 0 amide bonds. The smallest absolute Gasteiger partial charge is 0.161 e. The van der Waals surface area contributed by atoms with E-state index >= 15 is 0 Å². The zero-order chi connectivity index (χ0) is 14.0. The molecule has 0 radical (unpaired) electrons. The summed E-state index contributed by atoms with van der Waals surface area (Å²) in [6.45, 7) is 1.96. The van der Waals surface area contributed by atoms with E-state index in [-0.39, 0.29) is 6.04 Å². The van der Waals surface area contributed by atoms with Crippen LogP contribution in [0.25, 0.3) is 0 Å². The van der Waals surface area contributed by atoms with Crippen molar-refractivity contribution in [1.29, 1.82) is 0 Å². The van der Waals surface area contributed by atoms with Gasteiger partial charge in [0.1, 0.15) is 5.69 Å². The first kappa shape index (κ1) is 13.9. The number of nitrogens with two attached hydrogens (primary N) is 1. The van der Waals surface area contributed by atoms with Gasteiger partial charge in [-0.25, -0.2) is 5.43 Å². The van der Waals surface area contributed by atoms with Gasteiger partial charge in [0, 0.05) is 12.1 Å². The monoisotopic (exact) mass is 280 g/mol. The molecule has 0 spiro atoms. The van der Waals surface area contributed by atoms with Gasteiger partial charge in [0.25, 0.3) is 0 Å². The number of hydrogen-bond acceptors (Lipinski definition) is 4. The minimum atomic E-state index is -0.235. The molecule has 5 nitrogen and oxygen atoms in total. The Morgan fingerprint density at radius 3 is 2.84 bits per heavy atom. The van der Waals surface area contributed by atoms with Gasteiger partial charge in [0.15, 0.2) is 5.75 Å². The lowest BCUT2D eigenvalue weighted by molar-refractivity contribution is 0.401. The number of aromatic nitrogens is 2. The van der Waals surface area contributed by atoms with Crippen LogP contribution in [0.5, 0.6) is 5.75 Å². The molecule has 0 aliphatic heterocycles. The van der Waals surface area contributed by atoms with Gasteiger partial charge in [-0.15, -0.1) is 0 Å². The summed E-state index contributed by atoms with van der Waals surface area (Å²) < 4.78 is 7.07. The molecule has 19 heavy (non-hydrogen) atoms. The SMILES string of the molecule is COc1cnn(C)c1C(NN)c1cccc(Cl)c1C. The predicted octanol–water partition coefficient (Wildman–Crippen LogP) is 1.94. The van der Waals surface area contributed by atoms with Gasteiger partial charge < -0.3 is 4.74 Å². The summed E-state index contributed by atoms with van der Waals surface area (Å²) in [5.74, 6) is 6.40. The van der Waals surface area contributed by atoms with Gasteiger partial charge in [-0.2, -0.15) is 5.10 Å². The Hall–Kier alpha value is -1.56. The molecule has 0 saturated heterocycles. The topological polar surface area (TPSA) is 65.1 Å². The van der Waals surface area contributed by atoms with Gasteiger partial charge in [-0.3, -0.25) is 10.5 Å². The molecule has 0 fully saturated rings. The van der Waals surface area contributed by atoms with Crippen LogP contribution in [-0.4, -0.2) is 16.9 Å².